The van der Waals surface area contributed by atoms with Gasteiger partial charge in [0, 0.05) is 11.0 Å². The highest BCUT2D eigenvalue weighted by Gasteiger charge is 2.36. The standard InChI is InChI=1S/C15H16BrNO2/c1-2-3-4-5-6-10-17-13-11(14(18)15(17)19)8-7-9-12(13)16/h2,7-9H,1,3-6,10H2. The Hall–Kier alpha value is -1.42. The van der Waals surface area contributed by atoms with Gasteiger partial charge in [-0.15, -0.1) is 6.58 Å². The predicted molar refractivity (Wildman–Crippen MR) is 79.5 cm³/mol. The summed E-state index contributed by atoms with van der Waals surface area (Å²) in [6.45, 7) is 4.28. The van der Waals surface area contributed by atoms with Crippen molar-refractivity contribution in [2.24, 2.45) is 0 Å². The van der Waals surface area contributed by atoms with E-state index in [0.717, 1.165) is 35.8 Å². The van der Waals surface area contributed by atoms with E-state index in [9.17, 15) is 9.59 Å². The molecule has 1 heterocycles. The number of nitrogens with zero attached hydrogens (tertiary/aromatic N) is 1. The summed E-state index contributed by atoms with van der Waals surface area (Å²) in [5.41, 5.74) is 1.23. The lowest BCUT2D eigenvalue weighted by molar-refractivity contribution is -0.114. The normalized spacial score (nSPS) is 13.8. The summed E-state index contributed by atoms with van der Waals surface area (Å²) < 4.78 is 0.801. The number of unbranched alkanes of at least 4 members (excludes halogenated alkanes) is 3. The van der Waals surface area contributed by atoms with Crippen LogP contribution in [-0.2, 0) is 4.79 Å². The van der Waals surface area contributed by atoms with E-state index in [1.54, 1.807) is 17.0 Å². The van der Waals surface area contributed by atoms with E-state index in [2.05, 4.69) is 22.5 Å². The highest BCUT2D eigenvalue weighted by atomic mass is 79.9. The minimum atomic E-state index is -0.411. The monoisotopic (exact) mass is 321 g/mol. The minimum absolute atomic E-state index is 0.401. The second kappa shape index (κ2) is 6.15. The van der Waals surface area contributed by atoms with E-state index in [0.29, 0.717) is 12.1 Å². The Morgan fingerprint density at radius 2 is 2.00 bits per heavy atom. The average molecular weight is 322 g/mol. The zero-order valence-corrected chi connectivity index (χ0v) is 12.3. The molecule has 100 valence electrons. The fourth-order valence-electron chi connectivity index (χ4n) is 2.26. The Balaban J connectivity index is 2.08. The van der Waals surface area contributed by atoms with Crippen molar-refractivity contribution in [1.82, 2.24) is 0 Å². The lowest BCUT2D eigenvalue weighted by Gasteiger charge is -2.17. The number of para-hydroxylation sites is 1. The van der Waals surface area contributed by atoms with Crippen LogP contribution in [0.2, 0.25) is 0 Å². The van der Waals surface area contributed by atoms with E-state index in [1.165, 1.54) is 0 Å². The maximum Gasteiger partial charge on any atom is 0.299 e. The van der Waals surface area contributed by atoms with Crippen LogP contribution in [0.5, 0.6) is 0 Å². The number of benzene rings is 1. The van der Waals surface area contributed by atoms with Gasteiger partial charge >= 0.3 is 0 Å². The van der Waals surface area contributed by atoms with Crippen molar-refractivity contribution in [1.29, 1.82) is 0 Å². The molecule has 0 radical (unpaired) electrons. The van der Waals surface area contributed by atoms with Crippen LogP contribution in [0.15, 0.2) is 35.3 Å². The van der Waals surface area contributed by atoms with Gasteiger partial charge in [-0.05, 0) is 47.3 Å². The number of rotatable bonds is 6. The van der Waals surface area contributed by atoms with Crippen molar-refractivity contribution in [3.8, 4) is 0 Å². The molecule has 0 aliphatic carbocycles. The molecule has 4 heteroatoms. The molecular weight excluding hydrogens is 306 g/mol. The van der Waals surface area contributed by atoms with Gasteiger partial charge in [0.05, 0.1) is 11.3 Å². The summed E-state index contributed by atoms with van der Waals surface area (Å²) in [4.78, 5) is 25.4. The third kappa shape index (κ3) is 2.78. The van der Waals surface area contributed by atoms with Crippen molar-refractivity contribution in [2.75, 3.05) is 11.4 Å². The Bertz CT molecular complexity index is 525. The summed E-state index contributed by atoms with van der Waals surface area (Å²) in [7, 11) is 0. The molecule has 0 N–H and O–H groups in total. The first kappa shape index (κ1) is 14.0. The summed E-state index contributed by atoms with van der Waals surface area (Å²) in [5.74, 6) is -0.812. The number of amides is 1. The third-order valence-corrected chi connectivity index (χ3v) is 3.87. The molecule has 0 atom stereocenters. The molecule has 2 rings (SSSR count). The molecule has 0 bridgehead atoms. The fourth-order valence-corrected chi connectivity index (χ4v) is 2.84. The average Bonchev–Trinajstić information content (AvgIpc) is 2.65. The smallest absolute Gasteiger partial charge is 0.299 e. The van der Waals surface area contributed by atoms with Crippen LogP contribution < -0.4 is 4.90 Å². The van der Waals surface area contributed by atoms with Crippen molar-refractivity contribution in [3.63, 3.8) is 0 Å². The van der Waals surface area contributed by atoms with Crippen LogP contribution in [-0.4, -0.2) is 18.2 Å². The lowest BCUT2D eigenvalue weighted by atomic mass is 10.1. The first-order valence-electron chi connectivity index (χ1n) is 6.42. The molecule has 0 fully saturated rings. The number of fused-ring (bicyclic) bond motifs is 1. The zero-order valence-electron chi connectivity index (χ0n) is 10.7. The molecule has 0 spiro atoms. The minimum Gasteiger partial charge on any atom is -0.304 e. The van der Waals surface area contributed by atoms with Gasteiger partial charge in [-0.2, -0.15) is 0 Å². The molecule has 0 saturated heterocycles. The number of Topliss-reactive ketones (excluding diaryl/α,β-unsaturated/α-hetero) is 1. The maximum absolute atomic E-state index is 12.0. The van der Waals surface area contributed by atoms with E-state index in [-0.39, 0.29) is 0 Å². The lowest BCUT2D eigenvalue weighted by Crippen LogP contribution is -2.30. The van der Waals surface area contributed by atoms with Crippen LogP contribution in [0.1, 0.15) is 36.0 Å². The maximum atomic E-state index is 12.0. The van der Waals surface area contributed by atoms with Gasteiger partial charge < -0.3 is 4.90 Å². The number of anilines is 1. The van der Waals surface area contributed by atoms with E-state index in [4.69, 9.17) is 0 Å². The highest BCUT2D eigenvalue weighted by molar-refractivity contribution is 9.10. The molecule has 0 saturated carbocycles. The Morgan fingerprint density at radius 3 is 2.74 bits per heavy atom. The summed E-state index contributed by atoms with van der Waals surface area (Å²) >= 11 is 3.42. The van der Waals surface area contributed by atoms with Crippen molar-refractivity contribution >= 4 is 33.3 Å². The van der Waals surface area contributed by atoms with Gasteiger partial charge in [-0.3, -0.25) is 9.59 Å². The molecule has 0 unspecified atom stereocenters. The number of ketones is 1. The number of hydrogen-bond donors (Lipinski definition) is 0. The van der Waals surface area contributed by atoms with E-state index < -0.39 is 11.7 Å². The fraction of sp³-hybridized carbons (Fsp3) is 0.333. The molecule has 19 heavy (non-hydrogen) atoms. The SMILES string of the molecule is C=CCCCCCN1C(=O)C(=O)c2cccc(Br)c21. The summed E-state index contributed by atoms with van der Waals surface area (Å²) in [6, 6.07) is 5.34. The molecule has 1 aromatic carbocycles. The Kier molecular flexibility index (Phi) is 4.53. The first-order valence-corrected chi connectivity index (χ1v) is 7.21. The van der Waals surface area contributed by atoms with Gasteiger partial charge in [0.15, 0.2) is 0 Å². The van der Waals surface area contributed by atoms with Crippen LogP contribution >= 0.6 is 15.9 Å². The Morgan fingerprint density at radius 1 is 1.21 bits per heavy atom. The van der Waals surface area contributed by atoms with Crippen LogP contribution in [0.25, 0.3) is 0 Å². The van der Waals surface area contributed by atoms with Crippen molar-refractivity contribution in [3.05, 3.63) is 40.9 Å². The van der Waals surface area contributed by atoms with E-state index >= 15 is 0 Å². The Labute approximate surface area is 121 Å². The number of carbonyl (C=O) groups is 2. The van der Waals surface area contributed by atoms with Crippen molar-refractivity contribution in [2.45, 2.75) is 25.7 Å². The molecule has 0 aromatic heterocycles. The molecule has 1 aromatic rings. The van der Waals surface area contributed by atoms with Gasteiger partial charge in [0.1, 0.15) is 0 Å². The number of hydrogen-bond acceptors (Lipinski definition) is 2. The van der Waals surface area contributed by atoms with Gasteiger partial charge in [-0.1, -0.05) is 18.6 Å². The van der Waals surface area contributed by atoms with Crippen LogP contribution in [0.4, 0.5) is 5.69 Å². The second-order valence-electron chi connectivity index (χ2n) is 4.56. The second-order valence-corrected chi connectivity index (χ2v) is 5.41. The van der Waals surface area contributed by atoms with Crippen LogP contribution in [0.3, 0.4) is 0 Å². The first-order chi connectivity index (χ1) is 9.16. The van der Waals surface area contributed by atoms with E-state index in [1.807, 2.05) is 12.1 Å². The highest BCUT2D eigenvalue weighted by Crippen LogP contribution is 2.36. The molecule has 3 nitrogen and oxygen atoms in total. The predicted octanol–water partition coefficient (Wildman–Crippen LogP) is 3.72. The van der Waals surface area contributed by atoms with Gasteiger partial charge in [-0.25, -0.2) is 0 Å². The quantitative estimate of drug-likeness (QED) is 0.455. The summed E-state index contributed by atoms with van der Waals surface area (Å²) in [5, 5.41) is 0. The number of halogens is 1. The van der Waals surface area contributed by atoms with Gasteiger partial charge in [0.25, 0.3) is 11.7 Å². The van der Waals surface area contributed by atoms with Crippen molar-refractivity contribution < 1.29 is 9.59 Å². The van der Waals surface area contributed by atoms with Crippen LogP contribution in [0, 0.1) is 0 Å². The number of allylic oxidation sites excluding steroid dienone is 1. The molecule has 1 amide bonds. The van der Waals surface area contributed by atoms with Gasteiger partial charge in [0.2, 0.25) is 0 Å². The largest absolute Gasteiger partial charge is 0.304 e. The third-order valence-electron chi connectivity index (χ3n) is 3.23. The zero-order chi connectivity index (χ0) is 13.8. The number of carbonyl (C=O) groups excluding carboxylic acids is 2. The molecular formula is C15H16BrNO2. The molecule has 1 aliphatic rings. The topological polar surface area (TPSA) is 37.4 Å². The molecule has 1 aliphatic heterocycles. The summed E-state index contributed by atoms with van der Waals surface area (Å²) in [6.07, 6.45) is 5.89.